The summed E-state index contributed by atoms with van der Waals surface area (Å²) in [6, 6.07) is 17.1. The van der Waals surface area contributed by atoms with Crippen LogP contribution in [0.1, 0.15) is 74.4 Å². The van der Waals surface area contributed by atoms with Gasteiger partial charge in [-0.2, -0.15) is 0 Å². The van der Waals surface area contributed by atoms with E-state index in [1.54, 1.807) is 0 Å². The number of benzene rings is 2. The van der Waals surface area contributed by atoms with Crippen LogP contribution in [0.5, 0.6) is 0 Å². The van der Waals surface area contributed by atoms with Gasteiger partial charge in [0.25, 0.3) is 0 Å². The van der Waals surface area contributed by atoms with Gasteiger partial charge >= 0.3 is 0 Å². The monoisotopic (exact) mass is 415 g/mol. The minimum absolute atomic E-state index is 0.154. The summed E-state index contributed by atoms with van der Waals surface area (Å²) in [7, 11) is 2.07. The minimum Gasteiger partial charge on any atom is -0.330 e. The average Bonchev–Trinajstić information content (AvgIpc) is 3.13. The molecule has 0 aliphatic heterocycles. The van der Waals surface area contributed by atoms with Crippen molar-refractivity contribution >= 4 is 16.9 Å². The van der Waals surface area contributed by atoms with Gasteiger partial charge in [0.2, 0.25) is 5.91 Å². The lowest BCUT2D eigenvalue weighted by atomic mass is 9.84. The fourth-order valence-electron chi connectivity index (χ4n) is 5.67. The summed E-state index contributed by atoms with van der Waals surface area (Å²) < 4.78 is 2.16. The molecule has 1 heterocycles. The van der Waals surface area contributed by atoms with E-state index in [4.69, 9.17) is 4.98 Å². The van der Waals surface area contributed by atoms with Gasteiger partial charge in [-0.15, -0.1) is 0 Å². The van der Waals surface area contributed by atoms with Crippen LogP contribution < -0.4 is 0 Å². The molecule has 1 amide bonds. The average molecular weight is 416 g/mol. The van der Waals surface area contributed by atoms with Crippen LogP contribution in [0.25, 0.3) is 11.0 Å². The molecule has 0 N–H and O–H groups in total. The molecule has 162 valence electrons. The summed E-state index contributed by atoms with van der Waals surface area (Å²) in [6.45, 7) is 0.579. The third-order valence-corrected chi connectivity index (χ3v) is 7.41. The molecule has 31 heavy (non-hydrogen) atoms. The fraction of sp³-hybridized carbons (Fsp3) is 0.481. The van der Waals surface area contributed by atoms with Crippen LogP contribution in [0.4, 0.5) is 0 Å². The molecular weight excluding hydrogens is 382 g/mol. The Kier molecular flexibility index (Phi) is 5.80. The Morgan fingerprint density at radius 3 is 2.61 bits per heavy atom. The van der Waals surface area contributed by atoms with Crippen molar-refractivity contribution < 1.29 is 4.79 Å². The zero-order valence-corrected chi connectivity index (χ0v) is 18.6. The smallest absolute Gasteiger partial charge is 0.223 e. The molecule has 0 radical (unpaired) electrons. The van der Waals surface area contributed by atoms with Crippen molar-refractivity contribution in [3.8, 4) is 0 Å². The van der Waals surface area contributed by atoms with Crippen LogP contribution in [0.2, 0.25) is 0 Å². The molecular formula is C27H33N3O. The lowest BCUT2D eigenvalue weighted by molar-refractivity contribution is -0.136. The number of carbonyl (C=O) groups is 1. The first-order valence-electron chi connectivity index (χ1n) is 12.0. The van der Waals surface area contributed by atoms with Crippen LogP contribution in [-0.2, 0) is 24.8 Å². The lowest BCUT2D eigenvalue weighted by Crippen LogP contribution is -2.38. The number of rotatable bonds is 5. The SMILES string of the molecule is Cn1c(CN(C(=O)CC2CCCCC2)C2CCCc3ccccc32)nc2ccccc21. The maximum absolute atomic E-state index is 13.7. The molecule has 1 unspecified atom stereocenters. The molecule has 1 atom stereocenters. The first kappa shape index (κ1) is 20.3. The van der Waals surface area contributed by atoms with E-state index in [2.05, 4.69) is 59.0 Å². The van der Waals surface area contributed by atoms with Crippen molar-refractivity contribution in [2.75, 3.05) is 0 Å². The number of hydrogen-bond donors (Lipinski definition) is 0. The summed E-state index contributed by atoms with van der Waals surface area (Å²) >= 11 is 0. The van der Waals surface area contributed by atoms with Crippen LogP contribution in [0, 0.1) is 5.92 Å². The molecule has 2 aliphatic carbocycles. The molecule has 0 spiro atoms. The standard InChI is InChI=1S/C27H33N3O/c1-29-25-16-8-7-15-23(25)28-26(29)19-30(27(31)18-20-10-3-2-4-11-20)24-17-9-13-21-12-5-6-14-22(21)24/h5-8,12,14-16,20,24H,2-4,9-11,13,17-19H2,1H3. The minimum atomic E-state index is 0.154. The third-order valence-electron chi connectivity index (χ3n) is 7.41. The number of carbonyl (C=O) groups excluding carboxylic acids is 1. The van der Waals surface area contributed by atoms with Gasteiger partial charge in [-0.3, -0.25) is 4.79 Å². The quantitative estimate of drug-likeness (QED) is 0.516. The van der Waals surface area contributed by atoms with Crippen molar-refractivity contribution in [2.45, 2.75) is 70.4 Å². The molecule has 5 rings (SSSR count). The molecule has 1 saturated carbocycles. The van der Waals surface area contributed by atoms with E-state index in [9.17, 15) is 4.79 Å². The Labute approximate surface area is 185 Å². The Bertz CT molecular complexity index is 1060. The molecule has 4 nitrogen and oxygen atoms in total. The first-order chi connectivity index (χ1) is 15.2. The summed E-state index contributed by atoms with van der Waals surface area (Å²) in [6.07, 6.45) is 10.2. The lowest BCUT2D eigenvalue weighted by Gasteiger charge is -2.37. The number of hydrogen-bond acceptors (Lipinski definition) is 2. The largest absolute Gasteiger partial charge is 0.330 e. The van der Waals surface area contributed by atoms with Gasteiger partial charge in [0.15, 0.2) is 0 Å². The van der Waals surface area contributed by atoms with Crippen LogP contribution in [0.3, 0.4) is 0 Å². The van der Waals surface area contributed by atoms with Crippen molar-refractivity contribution in [1.29, 1.82) is 0 Å². The molecule has 2 aliphatic rings. The third kappa shape index (κ3) is 4.13. The molecule has 0 saturated heterocycles. The second kappa shape index (κ2) is 8.86. The van der Waals surface area contributed by atoms with Crippen LogP contribution >= 0.6 is 0 Å². The summed E-state index contributed by atoms with van der Waals surface area (Å²) in [5.74, 6) is 1.82. The fourth-order valence-corrected chi connectivity index (χ4v) is 5.67. The highest BCUT2D eigenvalue weighted by Crippen LogP contribution is 2.37. The first-order valence-corrected chi connectivity index (χ1v) is 12.0. The molecule has 3 aromatic rings. The number of aromatic nitrogens is 2. The number of nitrogens with zero attached hydrogens (tertiary/aromatic N) is 3. The zero-order valence-electron chi connectivity index (χ0n) is 18.6. The summed E-state index contributed by atoms with van der Waals surface area (Å²) in [4.78, 5) is 20.8. The number of para-hydroxylation sites is 2. The second-order valence-corrected chi connectivity index (χ2v) is 9.41. The van der Waals surface area contributed by atoms with Gasteiger partial charge in [-0.05, 0) is 61.3 Å². The highest BCUT2D eigenvalue weighted by molar-refractivity contribution is 5.78. The van der Waals surface area contributed by atoms with Crippen molar-refractivity contribution in [3.63, 3.8) is 0 Å². The summed E-state index contributed by atoms with van der Waals surface area (Å²) in [5, 5.41) is 0. The predicted octanol–water partition coefficient (Wildman–Crippen LogP) is 5.95. The number of imidazole rings is 1. The van der Waals surface area contributed by atoms with Crippen LogP contribution in [0.15, 0.2) is 48.5 Å². The van der Waals surface area contributed by atoms with Gasteiger partial charge in [0, 0.05) is 13.5 Å². The van der Waals surface area contributed by atoms with Crippen molar-refractivity contribution in [1.82, 2.24) is 14.5 Å². The van der Waals surface area contributed by atoms with Gasteiger partial charge in [-0.25, -0.2) is 4.98 Å². The molecule has 1 aromatic heterocycles. The normalized spacial score (nSPS) is 19.3. The highest BCUT2D eigenvalue weighted by Gasteiger charge is 2.31. The Hall–Kier alpha value is -2.62. The highest BCUT2D eigenvalue weighted by atomic mass is 16.2. The zero-order chi connectivity index (χ0) is 21.2. The number of fused-ring (bicyclic) bond motifs is 2. The number of aryl methyl sites for hydroxylation is 2. The molecule has 4 heteroatoms. The van der Waals surface area contributed by atoms with E-state index < -0.39 is 0 Å². The molecule has 0 bridgehead atoms. The Morgan fingerprint density at radius 1 is 1.00 bits per heavy atom. The van der Waals surface area contributed by atoms with Gasteiger partial charge < -0.3 is 9.47 Å². The maximum Gasteiger partial charge on any atom is 0.223 e. The van der Waals surface area contributed by atoms with Crippen molar-refractivity contribution in [3.05, 3.63) is 65.5 Å². The van der Waals surface area contributed by atoms with Gasteiger partial charge in [-0.1, -0.05) is 55.7 Å². The molecule has 1 fully saturated rings. The molecule has 2 aromatic carbocycles. The van der Waals surface area contributed by atoms with Crippen molar-refractivity contribution in [2.24, 2.45) is 13.0 Å². The van der Waals surface area contributed by atoms with E-state index in [-0.39, 0.29) is 6.04 Å². The topological polar surface area (TPSA) is 38.1 Å². The van der Waals surface area contributed by atoms with E-state index in [1.807, 2.05) is 6.07 Å². The Balaban J connectivity index is 1.48. The summed E-state index contributed by atoms with van der Waals surface area (Å²) in [5.41, 5.74) is 4.87. The predicted molar refractivity (Wildman–Crippen MR) is 125 cm³/mol. The second-order valence-electron chi connectivity index (χ2n) is 9.41. The van der Waals surface area contributed by atoms with E-state index in [1.165, 1.54) is 43.2 Å². The van der Waals surface area contributed by atoms with E-state index >= 15 is 0 Å². The van der Waals surface area contributed by atoms with E-state index in [0.29, 0.717) is 24.8 Å². The van der Waals surface area contributed by atoms with Gasteiger partial charge in [0.05, 0.1) is 23.6 Å². The van der Waals surface area contributed by atoms with Crippen LogP contribution in [-0.4, -0.2) is 20.4 Å². The van der Waals surface area contributed by atoms with E-state index in [0.717, 1.165) is 36.1 Å². The number of amides is 1. The maximum atomic E-state index is 13.7. The van der Waals surface area contributed by atoms with Gasteiger partial charge in [0.1, 0.15) is 5.82 Å². The Morgan fingerprint density at radius 2 is 1.77 bits per heavy atom.